The summed E-state index contributed by atoms with van der Waals surface area (Å²) in [4.78, 5) is 3.45. The van der Waals surface area contributed by atoms with Gasteiger partial charge in [-0.05, 0) is 85.5 Å². The highest BCUT2D eigenvalue weighted by atomic mass is 32.1. The minimum absolute atomic E-state index is 0.443. The summed E-state index contributed by atoms with van der Waals surface area (Å²) in [7, 11) is 0. The molecule has 53 heavy (non-hydrogen) atoms. The molecular weight excluding hydrogens is 667 g/mol. The Kier molecular flexibility index (Phi) is 6.77. The minimum Gasteiger partial charge on any atom is -0.485 e. The summed E-state index contributed by atoms with van der Waals surface area (Å²) in [5.74, 6) is 1.61. The molecule has 4 heteroatoms. The molecule has 1 aromatic heterocycles. The average Bonchev–Trinajstić information content (AvgIpc) is 3.86. The minimum atomic E-state index is -0.443. The van der Waals surface area contributed by atoms with Crippen LogP contribution in [0, 0.1) is 0 Å². The first-order valence-electron chi connectivity index (χ1n) is 18.2. The Morgan fingerprint density at radius 2 is 0.887 bits per heavy atom. The van der Waals surface area contributed by atoms with Crippen molar-refractivity contribution in [1.29, 1.82) is 0 Å². The van der Waals surface area contributed by atoms with Crippen molar-refractivity contribution in [3.63, 3.8) is 0 Å². The molecule has 0 atom stereocenters. The number of hydrogen-bond donors (Lipinski definition) is 0. The zero-order chi connectivity index (χ0) is 34.9. The Morgan fingerprint density at radius 1 is 0.415 bits per heavy atom. The van der Waals surface area contributed by atoms with E-state index in [0.29, 0.717) is 13.2 Å². The summed E-state index contributed by atoms with van der Waals surface area (Å²) in [6.45, 7) is 1.02. The van der Waals surface area contributed by atoms with Crippen LogP contribution in [0.25, 0.3) is 43.8 Å². The predicted octanol–water partition coefficient (Wildman–Crippen LogP) is 12.7. The fourth-order valence-electron chi connectivity index (χ4n) is 8.90. The third kappa shape index (κ3) is 4.39. The van der Waals surface area contributed by atoms with E-state index < -0.39 is 5.41 Å². The van der Waals surface area contributed by atoms with E-state index in [1.165, 1.54) is 55.6 Å². The van der Waals surface area contributed by atoms with Crippen LogP contribution in [-0.2, 0) is 5.41 Å². The average molecular weight is 700 g/mol. The lowest BCUT2D eigenvalue weighted by molar-refractivity contribution is 0.175. The summed E-state index contributed by atoms with van der Waals surface area (Å²) in [6, 6.07) is 64.0. The van der Waals surface area contributed by atoms with Gasteiger partial charge in [-0.25, -0.2) is 0 Å². The third-order valence-electron chi connectivity index (χ3n) is 11.1. The summed E-state index contributed by atoms with van der Waals surface area (Å²) >= 11 is 1.72. The number of thiophene rings is 1. The Labute approximate surface area is 313 Å². The maximum atomic E-state index is 6.55. The lowest BCUT2D eigenvalue weighted by Gasteiger charge is -2.32. The van der Waals surface area contributed by atoms with Crippen molar-refractivity contribution in [1.82, 2.24) is 0 Å². The smallest absolute Gasteiger partial charge is 0.197 e. The van der Waals surface area contributed by atoms with E-state index in [0.717, 1.165) is 38.3 Å². The van der Waals surface area contributed by atoms with Crippen LogP contribution in [0.2, 0.25) is 0 Å². The first kappa shape index (κ1) is 30.3. The van der Waals surface area contributed by atoms with Crippen molar-refractivity contribution in [2.75, 3.05) is 18.1 Å². The van der Waals surface area contributed by atoms with Gasteiger partial charge >= 0.3 is 0 Å². The lowest BCUT2D eigenvalue weighted by atomic mass is 9.70. The SMILES string of the molecule is c1ccc(-c2ccc(N(c3ccc4c(c3)C3(c5ccccc5-c5ccccc53)c3ccccc3-4)c3sc(-c4ccccc4)c4c3OCCO4)cc2)cc1. The number of ether oxygens (including phenoxy) is 2. The molecule has 0 saturated carbocycles. The molecule has 3 nitrogen and oxygen atoms in total. The molecule has 8 aromatic rings. The van der Waals surface area contributed by atoms with E-state index >= 15 is 0 Å². The highest BCUT2D eigenvalue weighted by molar-refractivity contribution is 7.20. The van der Waals surface area contributed by atoms with Gasteiger partial charge < -0.3 is 9.47 Å². The van der Waals surface area contributed by atoms with Gasteiger partial charge in [0.15, 0.2) is 11.5 Å². The zero-order valence-corrected chi connectivity index (χ0v) is 29.6. The maximum absolute atomic E-state index is 6.55. The van der Waals surface area contributed by atoms with E-state index in [-0.39, 0.29) is 0 Å². The molecule has 0 N–H and O–H groups in total. The molecule has 3 aliphatic rings. The molecule has 11 rings (SSSR count). The topological polar surface area (TPSA) is 21.7 Å². The van der Waals surface area contributed by atoms with Crippen molar-refractivity contribution in [2.24, 2.45) is 0 Å². The summed E-state index contributed by atoms with van der Waals surface area (Å²) in [5.41, 5.74) is 15.6. The summed E-state index contributed by atoms with van der Waals surface area (Å²) in [6.07, 6.45) is 0. The number of benzene rings is 7. The van der Waals surface area contributed by atoms with Crippen LogP contribution in [-0.4, -0.2) is 13.2 Å². The van der Waals surface area contributed by atoms with Gasteiger partial charge in [-0.3, -0.25) is 4.90 Å². The normalized spacial score (nSPS) is 14.0. The number of rotatable bonds is 5. The Hall–Kier alpha value is -6.36. The molecule has 252 valence electrons. The van der Waals surface area contributed by atoms with Gasteiger partial charge in [0.05, 0.1) is 10.3 Å². The standard InChI is InChI=1S/C49H33NO2S/c1-3-13-32(14-4-1)33-23-25-35(26-24-33)50(48-46-45(51-29-30-52-46)47(53-48)34-15-5-2-6-16-34)36-27-28-40-39-19-9-12-22-43(39)49(44(40)31-36)41-20-10-7-17-37(41)38-18-8-11-21-42(38)49/h1-28,31H,29-30H2. The van der Waals surface area contributed by atoms with Gasteiger partial charge in [0.1, 0.15) is 18.2 Å². The zero-order valence-electron chi connectivity index (χ0n) is 28.8. The van der Waals surface area contributed by atoms with E-state index in [1.54, 1.807) is 11.3 Å². The van der Waals surface area contributed by atoms with Gasteiger partial charge in [-0.1, -0.05) is 152 Å². The summed E-state index contributed by atoms with van der Waals surface area (Å²) in [5, 5.41) is 1.00. The Morgan fingerprint density at radius 3 is 1.49 bits per heavy atom. The number of hydrogen-bond acceptors (Lipinski definition) is 4. The highest BCUT2D eigenvalue weighted by Crippen LogP contribution is 2.64. The molecule has 2 heterocycles. The van der Waals surface area contributed by atoms with Crippen molar-refractivity contribution in [3.05, 3.63) is 198 Å². The molecule has 0 bridgehead atoms. The molecule has 1 spiro atoms. The second-order valence-corrected chi connectivity index (χ2v) is 14.8. The van der Waals surface area contributed by atoms with Crippen molar-refractivity contribution in [3.8, 4) is 55.3 Å². The molecular formula is C49H33NO2S. The van der Waals surface area contributed by atoms with Gasteiger partial charge in [0.25, 0.3) is 0 Å². The van der Waals surface area contributed by atoms with Crippen LogP contribution in [0.5, 0.6) is 11.5 Å². The molecule has 1 aliphatic heterocycles. The molecule has 0 saturated heterocycles. The van der Waals surface area contributed by atoms with Gasteiger partial charge in [-0.15, -0.1) is 11.3 Å². The molecule has 0 radical (unpaired) electrons. The first-order valence-corrected chi connectivity index (χ1v) is 19.0. The number of nitrogens with zero attached hydrogens (tertiary/aromatic N) is 1. The van der Waals surface area contributed by atoms with Gasteiger partial charge in [0, 0.05) is 11.4 Å². The van der Waals surface area contributed by atoms with Crippen molar-refractivity contribution in [2.45, 2.75) is 5.41 Å². The van der Waals surface area contributed by atoms with Crippen molar-refractivity contribution >= 4 is 27.7 Å². The molecule has 2 aliphatic carbocycles. The maximum Gasteiger partial charge on any atom is 0.197 e. The van der Waals surface area contributed by atoms with Crippen LogP contribution >= 0.6 is 11.3 Å². The van der Waals surface area contributed by atoms with Crippen LogP contribution in [0.3, 0.4) is 0 Å². The fourth-order valence-corrected chi connectivity index (χ4v) is 10.1. The fraction of sp³-hybridized carbons (Fsp3) is 0.0612. The second kappa shape index (κ2) is 11.8. The number of fused-ring (bicyclic) bond motifs is 11. The van der Waals surface area contributed by atoms with E-state index in [2.05, 4.69) is 181 Å². The predicted molar refractivity (Wildman–Crippen MR) is 217 cm³/mol. The Bertz CT molecular complexity index is 2620. The van der Waals surface area contributed by atoms with Crippen LogP contribution in [0.4, 0.5) is 16.4 Å². The Balaban J connectivity index is 1.17. The van der Waals surface area contributed by atoms with Crippen LogP contribution in [0.15, 0.2) is 176 Å². The first-order chi connectivity index (χ1) is 26.3. The van der Waals surface area contributed by atoms with Crippen molar-refractivity contribution < 1.29 is 9.47 Å². The van der Waals surface area contributed by atoms with Gasteiger partial charge in [0.2, 0.25) is 0 Å². The quantitative estimate of drug-likeness (QED) is 0.178. The molecule has 7 aromatic carbocycles. The second-order valence-electron chi connectivity index (χ2n) is 13.8. The van der Waals surface area contributed by atoms with Gasteiger partial charge in [-0.2, -0.15) is 0 Å². The third-order valence-corrected chi connectivity index (χ3v) is 12.3. The summed E-state index contributed by atoms with van der Waals surface area (Å²) < 4.78 is 13.0. The van der Waals surface area contributed by atoms with Crippen LogP contribution < -0.4 is 14.4 Å². The molecule has 0 amide bonds. The highest BCUT2D eigenvalue weighted by Gasteiger charge is 2.51. The number of anilines is 3. The largest absolute Gasteiger partial charge is 0.485 e. The lowest BCUT2D eigenvalue weighted by Crippen LogP contribution is -2.26. The van der Waals surface area contributed by atoms with E-state index in [1.807, 2.05) is 0 Å². The van der Waals surface area contributed by atoms with E-state index in [4.69, 9.17) is 9.47 Å². The molecule has 0 unspecified atom stereocenters. The molecule has 0 fully saturated rings. The monoisotopic (exact) mass is 699 g/mol. The van der Waals surface area contributed by atoms with Crippen LogP contribution in [0.1, 0.15) is 22.3 Å². The van der Waals surface area contributed by atoms with E-state index in [9.17, 15) is 0 Å².